The van der Waals surface area contributed by atoms with Gasteiger partial charge in [-0.15, -0.1) is 0 Å². The Balaban J connectivity index is 1.65. The third-order valence-corrected chi connectivity index (χ3v) is 6.39. The van der Waals surface area contributed by atoms with E-state index in [2.05, 4.69) is 16.0 Å². The first-order valence-corrected chi connectivity index (χ1v) is 10.1. The molecule has 1 aliphatic carbocycles. The van der Waals surface area contributed by atoms with Gasteiger partial charge in [0.2, 0.25) is 11.8 Å². The molecule has 7 unspecified atom stereocenters. The first kappa shape index (κ1) is 21.6. The van der Waals surface area contributed by atoms with Crippen molar-refractivity contribution in [2.45, 2.75) is 76.2 Å². The van der Waals surface area contributed by atoms with E-state index in [1.807, 2.05) is 6.07 Å². The molecule has 3 rings (SSSR count). The summed E-state index contributed by atoms with van der Waals surface area (Å²) in [4.78, 5) is 24.9. The summed E-state index contributed by atoms with van der Waals surface area (Å²) in [7, 11) is 0. The van der Waals surface area contributed by atoms with Crippen LogP contribution in [0.15, 0.2) is 11.1 Å². The van der Waals surface area contributed by atoms with Gasteiger partial charge < -0.3 is 16.0 Å². The maximum atomic E-state index is 14.4. The summed E-state index contributed by atoms with van der Waals surface area (Å²) in [5.74, 6) is -2.10. The molecular weight excluding hydrogens is 385 g/mol. The molecule has 0 bridgehead atoms. The van der Waals surface area contributed by atoms with Crippen LogP contribution in [0.2, 0.25) is 0 Å². The standard InChI is InChI=1S/C20H27F3N4O2/c1-9-12(20(29)27-15-4-3-13(21)18(23)17(9)15)6-16(28)26-10(2)19-14(22)5-11(7-24)8-25-19/h10-11,13-15,17-19,25H,3-6,8H2,1-2H3,(H,26,28)(H,27,29)/t10-,11?,13?,14?,15?,17?,18?,19?/m0/s1. The van der Waals surface area contributed by atoms with Crippen LogP contribution >= 0.6 is 0 Å². The largest absolute Gasteiger partial charge is 0.352 e. The number of hydrogen-bond donors (Lipinski definition) is 3. The van der Waals surface area contributed by atoms with Gasteiger partial charge in [-0.3, -0.25) is 9.59 Å². The number of nitriles is 1. The fraction of sp³-hybridized carbons (Fsp3) is 0.750. The number of nitrogens with zero attached hydrogens (tertiary/aromatic N) is 1. The van der Waals surface area contributed by atoms with Crippen molar-refractivity contribution >= 4 is 11.8 Å². The lowest BCUT2D eigenvalue weighted by Gasteiger charge is -2.41. The van der Waals surface area contributed by atoms with Crippen LogP contribution in [-0.4, -0.2) is 55.0 Å². The summed E-state index contributed by atoms with van der Waals surface area (Å²) < 4.78 is 42.6. The number of rotatable bonds is 4. The van der Waals surface area contributed by atoms with Crippen molar-refractivity contribution in [3.63, 3.8) is 0 Å². The Hall–Kier alpha value is -2.08. The highest BCUT2D eigenvalue weighted by Gasteiger charge is 2.45. The van der Waals surface area contributed by atoms with Gasteiger partial charge in [0, 0.05) is 30.1 Å². The highest BCUT2D eigenvalue weighted by atomic mass is 19.2. The molecule has 0 aromatic heterocycles. The monoisotopic (exact) mass is 412 g/mol. The van der Waals surface area contributed by atoms with E-state index in [4.69, 9.17) is 5.26 Å². The van der Waals surface area contributed by atoms with Crippen LogP contribution in [0.5, 0.6) is 0 Å². The number of piperidine rings is 1. The van der Waals surface area contributed by atoms with E-state index in [9.17, 15) is 22.8 Å². The molecule has 2 heterocycles. The molecule has 1 saturated heterocycles. The second-order valence-corrected chi connectivity index (χ2v) is 8.35. The molecular formula is C20H27F3N4O2. The van der Waals surface area contributed by atoms with Crippen molar-refractivity contribution in [2.75, 3.05) is 6.54 Å². The van der Waals surface area contributed by atoms with Gasteiger partial charge in [0.1, 0.15) is 18.5 Å². The Labute approximate surface area is 168 Å². The van der Waals surface area contributed by atoms with Crippen LogP contribution in [-0.2, 0) is 9.59 Å². The van der Waals surface area contributed by atoms with Gasteiger partial charge in [0.25, 0.3) is 0 Å². The van der Waals surface area contributed by atoms with Crippen molar-refractivity contribution in [1.29, 1.82) is 5.26 Å². The van der Waals surface area contributed by atoms with E-state index in [0.29, 0.717) is 18.5 Å². The van der Waals surface area contributed by atoms with Gasteiger partial charge in [-0.2, -0.15) is 5.26 Å². The molecule has 3 aliphatic rings. The van der Waals surface area contributed by atoms with Gasteiger partial charge in [-0.25, -0.2) is 13.2 Å². The van der Waals surface area contributed by atoms with E-state index in [1.165, 1.54) is 0 Å². The number of amides is 2. The first-order valence-electron chi connectivity index (χ1n) is 10.1. The van der Waals surface area contributed by atoms with Crippen molar-refractivity contribution < 1.29 is 22.8 Å². The molecule has 0 spiro atoms. The van der Waals surface area contributed by atoms with Crippen LogP contribution in [0.3, 0.4) is 0 Å². The average molecular weight is 412 g/mol. The molecule has 3 N–H and O–H groups in total. The lowest BCUT2D eigenvalue weighted by Crippen LogP contribution is -2.57. The van der Waals surface area contributed by atoms with Crippen LogP contribution in [0.1, 0.15) is 39.5 Å². The minimum Gasteiger partial charge on any atom is -0.352 e. The number of nitrogens with one attached hydrogen (secondary N) is 3. The lowest BCUT2D eigenvalue weighted by atomic mass is 9.73. The zero-order valence-electron chi connectivity index (χ0n) is 16.6. The Morgan fingerprint density at radius 2 is 2.03 bits per heavy atom. The molecule has 6 nitrogen and oxygen atoms in total. The zero-order chi connectivity index (χ0) is 21.3. The summed E-state index contributed by atoms with van der Waals surface area (Å²) in [6, 6.07) is 0.380. The molecule has 1 saturated carbocycles. The predicted molar refractivity (Wildman–Crippen MR) is 99.8 cm³/mol. The first-order chi connectivity index (χ1) is 13.7. The minimum absolute atomic E-state index is 0.0642. The SMILES string of the molecule is CC1=C(CC(=O)N[C@@H](C)C2NCC(C#N)CC2F)C(=O)NC2CCC(F)C(F)C12. The summed E-state index contributed by atoms with van der Waals surface area (Å²) >= 11 is 0. The van der Waals surface area contributed by atoms with Crippen molar-refractivity contribution in [1.82, 2.24) is 16.0 Å². The zero-order valence-corrected chi connectivity index (χ0v) is 16.6. The number of alkyl halides is 3. The molecule has 0 aromatic rings. The second-order valence-electron chi connectivity index (χ2n) is 8.35. The highest BCUT2D eigenvalue weighted by molar-refractivity contribution is 6.00. The fourth-order valence-electron chi connectivity index (χ4n) is 4.73. The number of hydrogen-bond acceptors (Lipinski definition) is 4. The number of carbonyl (C=O) groups excluding carboxylic acids is 2. The molecule has 29 heavy (non-hydrogen) atoms. The molecule has 9 heteroatoms. The molecule has 2 fully saturated rings. The summed E-state index contributed by atoms with van der Waals surface area (Å²) in [5, 5.41) is 17.2. The Kier molecular flexibility index (Phi) is 6.52. The molecule has 8 atom stereocenters. The molecule has 0 radical (unpaired) electrons. The summed E-state index contributed by atoms with van der Waals surface area (Å²) in [5.41, 5.74) is 0.554. The van der Waals surface area contributed by atoms with Crippen LogP contribution in [0.4, 0.5) is 13.2 Å². The van der Waals surface area contributed by atoms with E-state index in [0.717, 1.165) is 0 Å². The lowest BCUT2D eigenvalue weighted by molar-refractivity contribution is -0.125. The van der Waals surface area contributed by atoms with Gasteiger partial charge in [0.15, 0.2) is 0 Å². The number of carbonyl (C=O) groups is 2. The second kappa shape index (κ2) is 8.74. The van der Waals surface area contributed by atoms with Crippen LogP contribution < -0.4 is 16.0 Å². The Morgan fingerprint density at radius 3 is 2.69 bits per heavy atom. The van der Waals surface area contributed by atoms with Gasteiger partial charge >= 0.3 is 0 Å². The van der Waals surface area contributed by atoms with E-state index < -0.39 is 60.3 Å². The molecule has 2 amide bonds. The van der Waals surface area contributed by atoms with Gasteiger partial charge in [-0.1, -0.05) is 5.57 Å². The maximum absolute atomic E-state index is 14.4. The summed E-state index contributed by atoms with van der Waals surface area (Å²) in [6.45, 7) is 3.58. The Bertz CT molecular complexity index is 738. The normalized spacial score (nSPS) is 38.5. The highest BCUT2D eigenvalue weighted by Crippen LogP contribution is 2.38. The van der Waals surface area contributed by atoms with Crippen LogP contribution in [0, 0.1) is 23.2 Å². The van der Waals surface area contributed by atoms with Crippen molar-refractivity contribution in [3.05, 3.63) is 11.1 Å². The third-order valence-electron chi connectivity index (χ3n) is 6.39. The topological polar surface area (TPSA) is 94.0 Å². The van der Waals surface area contributed by atoms with Crippen molar-refractivity contribution in [2.24, 2.45) is 11.8 Å². The smallest absolute Gasteiger partial charge is 0.247 e. The average Bonchev–Trinajstić information content (AvgIpc) is 2.67. The van der Waals surface area contributed by atoms with Crippen molar-refractivity contribution in [3.8, 4) is 6.07 Å². The maximum Gasteiger partial charge on any atom is 0.247 e. The minimum atomic E-state index is -1.71. The quantitative estimate of drug-likeness (QED) is 0.654. The molecule has 2 aliphatic heterocycles. The number of fused-ring (bicyclic) bond motifs is 1. The molecule has 0 aromatic carbocycles. The van der Waals surface area contributed by atoms with Crippen LogP contribution in [0.25, 0.3) is 0 Å². The summed E-state index contributed by atoms with van der Waals surface area (Å²) in [6.07, 6.45) is -4.31. The van der Waals surface area contributed by atoms with E-state index in [1.54, 1.807) is 13.8 Å². The predicted octanol–water partition coefficient (Wildman–Crippen LogP) is 1.62. The van der Waals surface area contributed by atoms with Gasteiger partial charge in [0.05, 0.1) is 24.4 Å². The third kappa shape index (κ3) is 4.42. The Morgan fingerprint density at radius 1 is 1.31 bits per heavy atom. The number of halogens is 3. The fourth-order valence-corrected chi connectivity index (χ4v) is 4.73. The van der Waals surface area contributed by atoms with Gasteiger partial charge in [-0.05, 0) is 33.1 Å². The van der Waals surface area contributed by atoms with E-state index >= 15 is 0 Å². The molecule has 160 valence electrons. The van der Waals surface area contributed by atoms with E-state index in [-0.39, 0.29) is 24.8 Å².